The van der Waals surface area contributed by atoms with Gasteiger partial charge in [0, 0.05) is 5.02 Å². The van der Waals surface area contributed by atoms with Crippen LogP contribution in [-0.4, -0.2) is 14.8 Å². The van der Waals surface area contributed by atoms with Crippen molar-refractivity contribution in [3.63, 3.8) is 0 Å². The molecule has 0 bridgehead atoms. The molecule has 0 spiro atoms. The zero-order valence-corrected chi connectivity index (χ0v) is 8.55. The van der Waals surface area contributed by atoms with E-state index in [1.165, 1.54) is 12.1 Å². The third-order valence-corrected chi connectivity index (χ3v) is 2.10. The smallest absolute Gasteiger partial charge is 0.293 e. The molecule has 2 rings (SSSR count). The lowest BCUT2D eigenvalue weighted by atomic mass is 10.3. The van der Waals surface area contributed by atoms with E-state index in [9.17, 15) is 9.18 Å². The van der Waals surface area contributed by atoms with E-state index in [-0.39, 0.29) is 10.7 Å². The molecule has 0 atom stereocenters. The number of hydrogen-bond donors (Lipinski definition) is 1. The average Bonchev–Trinajstić information content (AvgIpc) is 2.45. The molecule has 15 heavy (non-hydrogen) atoms. The fourth-order valence-corrected chi connectivity index (χ4v) is 1.40. The van der Waals surface area contributed by atoms with E-state index in [0.29, 0.717) is 5.82 Å². The summed E-state index contributed by atoms with van der Waals surface area (Å²) < 4.78 is 14.4. The molecular weight excluding hydrogens is 221 g/mol. The Balaban J connectivity index is 2.64. The van der Waals surface area contributed by atoms with Crippen molar-refractivity contribution in [2.75, 3.05) is 0 Å². The van der Waals surface area contributed by atoms with Gasteiger partial charge in [0.15, 0.2) is 5.82 Å². The average molecular weight is 228 g/mol. The summed E-state index contributed by atoms with van der Waals surface area (Å²) in [7, 11) is 0. The maximum atomic E-state index is 13.4. The summed E-state index contributed by atoms with van der Waals surface area (Å²) >= 11 is 5.59. The van der Waals surface area contributed by atoms with Crippen LogP contribution in [0.2, 0.25) is 5.02 Å². The molecule has 0 radical (unpaired) electrons. The Bertz CT molecular complexity index is 561. The van der Waals surface area contributed by atoms with Crippen LogP contribution >= 0.6 is 11.6 Å². The van der Waals surface area contributed by atoms with Gasteiger partial charge in [-0.05, 0) is 25.1 Å². The lowest BCUT2D eigenvalue weighted by Gasteiger charge is -2.00. The minimum absolute atomic E-state index is 0.0775. The predicted molar refractivity (Wildman–Crippen MR) is 53.9 cm³/mol. The third kappa shape index (κ3) is 1.78. The molecule has 6 heteroatoms. The van der Waals surface area contributed by atoms with E-state index in [1.807, 2.05) is 0 Å². The molecule has 2 aromatic rings. The Kier molecular flexibility index (Phi) is 2.32. The molecule has 1 heterocycles. The number of aromatic nitrogens is 3. The highest BCUT2D eigenvalue weighted by atomic mass is 35.5. The summed E-state index contributed by atoms with van der Waals surface area (Å²) in [4.78, 5) is 13.8. The van der Waals surface area contributed by atoms with Gasteiger partial charge in [0.2, 0.25) is 0 Å². The third-order valence-electron chi connectivity index (χ3n) is 1.87. The van der Waals surface area contributed by atoms with Crippen molar-refractivity contribution < 1.29 is 4.39 Å². The first-order valence-corrected chi connectivity index (χ1v) is 4.57. The summed E-state index contributed by atoms with van der Waals surface area (Å²) in [5.74, 6) is -0.162. The highest BCUT2D eigenvalue weighted by Gasteiger charge is 2.09. The van der Waals surface area contributed by atoms with Gasteiger partial charge in [0.05, 0.1) is 0 Å². The van der Waals surface area contributed by atoms with Crippen LogP contribution in [0.3, 0.4) is 0 Å². The summed E-state index contributed by atoms with van der Waals surface area (Å²) in [6, 6.07) is 4.03. The van der Waals surface area contributed by atoms with Gasteiger partial charge < -0.3 is 0 Å². The second-order valence-corrected chi connectivity index (χ2v) is 3.46. The maximum absolute atomic E-state index is 13.4. The first kappa shape index (κ1) is 9.92. The fraction of sp³-hybridized carbons (Fsp3) is 0.111. The number of hydrogen-bond acceptors (Lipinski definition) is 2. The number of aromatic amines is 1. The second-order valence-electron chi connectivity index (χ2n) is 3.02. The molecule has 4 nitrogen and oxygen atoms in total. The zero-order chi connectivity index (χ0) is 11.0. The number of rotatable bonds is 1. The van der Waals surface area contributed by atoms with E-state index in [4.69, 9.17) is 11.6 Å². The van der Waals surface area contributed by atoms with Gasteiger partial charge in [-0.2, -0.15) is 9.78 Å². The lowest BCUT2D eigenvalue weighted by molar-refractivity contribution is 0.607. The number of halogens is 2. The van der Waals surface area contributed by atoms with E-state index in [1.54, 1.807) is 6.92 Å². The van der Waals surface area contributed by atoms with Crippen LogP contribution in [0.5, 0.6) is 0 Å². The number of H-pyrrole nitrogens is 1. The molecule has 0 aliphatic carbocycles. The molecule has 1 aromatic carbocycles. The van der Waals surface area contributed by atoms with Crippen LogP contribution in [-0.2, 0) is 0 Å². The summed E-state index contributed by atoms with van der Waals surface area (Å²) in [5, 5.41) is 4.11. The topological polar surface area (TPSA) is 50.7 Å². The van der Waals surface area contributed by atoms with Crippen LogP contribution in [0, 0.1) is 12.7 Å². The molecule has 0 aliphatic rings. The molecule has 78 valence electrons. The number of nitrogens with one attached hydrogen (secondary N) is 1. The standard InChI is InChI=1S/C9H7ClFN3O/c1-5-12-9(15)14(13-5)8-3-2-6(10)4-7(8)11/h2-4H,1H3,(H,12,13,15). The van der Waals surface area contributed by atoms with E-state index in [2.05, 4.69) is 10.1 Å². The molecular formula is C9H7ClFN3O. The van der Waals surface area contributed by atoms with Crippen molar-refractivity contribution in [2.24, 2.45) is 0 Å². The van der Waals surface area contributed by atoms with Crippen molar-refractivity contribution >= 4 is 11.6 Å². The van der Waals surface area contributed by atoms with Crippen LogP contribution in [0.1, 0.15) is 5.82 Å². The molecule has 0 aliphatic heterocycles. The number of nitrogens with zero attached hydrogens (tertiary/aromatic N) is 2. The van der Waals surface area contributed by atoms with Crippen molar-refractivity contribution in [3.8, 4) is 5.69 Å². The zero-order valence-electron chi connectivity index (χ0n) is 7.79. The SMILES string of the molecule is Cc1nn(-c2ccc(Cl)cc2F)c(=O)[nH]1. The van der Waals surface area contributed by atoms with E-state index < -0.39 is 11.5 Å². The molecule has 0 saturated carbocycles. The maximum Gasteiger partial charge on any atom is 0.348 e. The second kappa shape index (κ2) is 3.51. The summed E-state index contributed by atoms with van der Waals surface area (Å²) in [5.41, 5.74) is -0.400. The number of aryl methyl sites for hydroxylation is 1. The Morgan fingerprint density at radius 2 is 2.27 bits per heavy atom. The molecule has 0 amide bonds. The van der Waals surface area contributed by atoms with Crippen LogP contribution in [0.25, 0.3) is 5.69 Å². The van der Waals surface area contributed by atoms with Gasteiger partial charge in [-0.15, -0.1) is 0 Å². The summed E-state index contributed by atoms with van der Waals surface area (Å²) in [6.45, 7) is 1.62. The minimum Gasteiger partial charge on any atom is -0.293 e. The molecule has 1 N–H and O–H groups in total. The van der Waals surface area contributed by atoms with Crippen LogP contribution < -0.4 is 5.69 Å². The van der Waals surface area contributed by atoms with Gasteiger partial charge in [-0.25, -0.2) is 9.18 Å². The molecule has 0 unspecified atom stereocenters. The van der Waals surface area contributed by atoms with Gasteiger partial charge in [0.25, 0.3) is 0 Å². The van der Waals surface area contributed by atoms with E-state index in [0.717, 1.165) is 10.7 Å². The van der Waals surface area contributed by atoms with Gasteiger partial charge in [-0.3, -0.25) is 4.98 Å². The minimum atomic E-state index is -0.587. The van der Waals surface area contributed by atoms with Gasteiger partial charge in [-0.1, -0.05) is 11.6 Å². The highest BCUT2D eigenvalue weighted by molar-refractivity contribution is 6.30. The lowest BCUT2D eigenvalue weighted by Crippen LogP contribution is -2.17. The Morgan fingerprint density at radius 3 is 2.80 bits per heavy atom. The monoisotopic (exact) mass is 227 g/mol. The van der Waals surface area contributed by atoms with Crippen LogP contribution in [0.4, 0.5) is 4.39 Å². The Labute approximate surface area is 89.3 Å². The first-order valence-electron chi connectivity index (χ1n) is 4.19. The molecule has 1 aromatic heterocycles. The largest absolute Gasteiger partial charge is 0.348 e. The van der Waals surface area contributed by atoms with Gasteiger partial charge in [0.1, 0.15) is 11.5 Å². The first-order chi connectivity index (χ1) is 7.08. The molecule has 0 fully saturated rings. The Morgan fingerprint density at radius 1 is 1.53 bits per heavy atom. The quantitative estimate of drug-likeness (QED) is 0.806. The van der Waals surface area contributed by atoms with Crippen LogP contribution in [0.15, 0.2) is 23.0 Å². The van der Waals surface area contributed by atoms with Crippen molar-refractivity contribution in [1.82, 2.24) is 14.8 Å². The fourth-order valence-electron chi connectivity index (χ4n) is 1.24. The number of benzene rings is 1. The Hall–Kier alpha value is -1.62. The normalized spacial score (nSPS) is 10.6. The van der Waals surface area contributed by atoms with Crippen molar-refractivity contribution in [1.29, 1.82) is 0 Å². The summed E-state index contributed by atoms with van der Waals surface area (Å²) in [6.07, 6.45) is 0. The molecule has 0 saturated heterocycles. The predicted octanol–water partition coefficient (Wildman–Crippen LogP) is 1.66. The van der Waals surface area contributed by atoms with Gasteiger partial charge >= 0.3 is 5.69 Å². The van der Waals surface area contributed by atoms with Crippen molar-refractivity contribution in [3.05, 3.63) is 45.3 Å². The highest BCUT2D eigenvalue weighted by Crippen LogP contribution is 2.16. The van der Waals surface area contributed by atoms with Crippen molar-refractivity contribution in [2.45, 2.75) is 6.92 Å². The van der Waals surface area contributed by atoms with E-state index >= 15 is 0 Å².